The number of thioether (sulfide) groups is 1. The third kappa shape index (κ3) is 3.25. The molecule has 2 aromatic rings. The average Bonchev–Trinajstić information content (AvgIpc) is 2.84. The molecule has 0 aliphatic heterocycles. The quantitative estimate of drug-likeness (QED) is 0.572. The molecule has 3 amide bonds. The second kappa shape index (κ2) is 6.32. The first-order valence-corrected chi connectivity index (χ1v) is 8.97. The van der Waals surface area contributed by atoms with Gasteiger partial charge in [-0.15, -0.1) is 11.3 Å². The number of carbonyl (C=O) groups excluding carboxylic acids is 2. The number of hydrogen-bond acceptors (Lipinski definition) is 6. The van der Waals surface area contributed by atoms with E-state index in [1.807, 2.05) is 5.32 Å². The summed E-state index contributed by atoms with van der Waals surface area (Å²) < 4.78 is 0. The van der Waals surface area contributed by atoms with E-state index in [1.54, 1.807) is 18.3 Å². The Labute approximate surface area is 140 Å². The number of nitrogens with one attached hydrogen (secondary N) is 2. The molecule has 2 heterocycles. The molecule has 0 radical (unpaired) electrons. The lowest BCUT2D eigenvalue weighted by Crippen LogP contribution is -2.39. The molecule has 0 bridgehead atoms. The molecule has 4 N–H and O–H groups in total. The second-order valence-corrected chi connectivity index (χ2v) is 7.79. The summed E-state index contributed by atoms with van der Waals surface area (Å²) in [4.78, 5) is 44.0. The summed E-state index contributed by atoms with van der Waals surface area (Å²) in [5, 5.41) is 2.47. The normalized spacial score (nSPS) is 15.2. The molecule has 23 heavy (non-hydrogen) atoms. The maximum atomic E-state index is 12.4. The first-order chi connectivity index (χ1) is 11.0. The topological polar surface area (TPSA) is 118 Å². The first kappa shape index (κ1) is 16.0. The number of nitrogens with two attached hydrogens (primary N) is 1. The highest BCUT2D eigenvalue weighted by Gasteiger charge is 2.22. The van der Waals surface area contributed by atoms with Gasteiger partial charge in [0.25, 0.3) is 5.56 Å². The van der Waals surface area contributed by atoms with Crippen LogP contribution in [0.3, 0.4) is 0 Å². The molecule has 7 nitrogen and oxygen atoms in total. The van der Waals surface area contributed by atoms with Crippen molar-refractivity contribution in [2.45, 2.75) is 43.0 Å². The fourth-order valence-electron chi connectivity index (χ4n) is 2.64. The number of fused-ring (bicyclic) bond motifs is 3. The molecular formula is C14H16N4O3S2. The Kier molecular flexibility index (Phi) is 4.40. The van der Waals surface area contributed by atoms with Gasteiger partial charge in [-0.2, -0.15) is 0 Å². The van der Waals surface area contributed by atoms with Crippen LogP contribution < -0.4 is 16.6 Å². The molecular weight excluding hydrogens is 336 g/mol. The molecule has 0 saturated carbocycles. The van der Waals surface area contributed by atoms with Gasteiger partial charge >= 0.3 is 6.03 Å². The van der Waals surface area contributed by atoms with E-state index in [1.165, 1.54) is 4.88 Å². The van der Waals surface area contributed by atoms with Crippen molar-refractivity contribution in [3.05, 3.63) is 20.8 Å². The molecule has 1 atom stereocenters. The number of primary amides is 1. The van der Waals surface area contributed by atoms with Crippen LogP contribution in [0.1, 0.15) is 30.2 Å². The second-order valence-electron chi connectivity index (χ2n) is 5.38. The largest absolute Gasteiger partial charge is 0.351 e. The standard InChI is InChI=1S/C14H16N4O3S2/c1-6(10(19)16-13(15)21)22-14-17-11(20)9-7-4-2-3-5-8(7)23-12(9)18-14/h6H,2-5H2,1H3,(H,17,18,20)(H3,15,16,19,21). The zero-order valence-electron chi connectivity index (χ0n) is 12.5. The van der Waals surface area contributed by atoms with Crippen LogP contribution in [0.15, 0.2) is 9.95 Å². The molecule has 3 rings (SSSR count). The number of amides is 3. The first-order valence-electron chi connectivity index (χ1n) is 7.27. The van der Waals surface area contributed by atoms with Gasteiger partial charge in [0.2, 0.25) is 5.91 Å². The van der Waals surface area contributed by atoms with E-state index in [-0.39, 0.29) is 5.56 Å². The maximum Gasteiger partial charge on any atom is 0.318 e. The molecule has 0 spiro atoms. The van der Waals surface area contributed by atoms with Gasteiger partial charge in [0.1, 0.15) is 4.83 Å². The van der Waals surface area contributed by atoms with Crippen molar-refractivity contribution >= 4 is 45.3 Å². The molecule has 1 aliphatic carbocycles. The van der Waals surface area contributed by atoms with Crippen LogP contribution in [-0.4, -0.2) is 27.2 Å². The summed E-state index contributed by atoms with van der Waals surface area (Å²) in [6, 6.07) is -0.898. The Morgan fingerprint density at radius 2 is 2.13 bits per heavy atom. The lowest BCUT2D eigenvalue weighted by atomic mass is 9.97. The highest BCUT2D eigenvalue weighted by atomic mass is 32.2. The molecule has 0 fully saturated rings. The fraction of sp³-hybridized carbons (Fsp3) is 0.429. The van der Waals surface area contributed by atoms with Gasteiger partial charge in [-0.05, 0) is 38.2 Å². The smallest absolute Gasteiger partial charge is 0.318 e. The van der Waals surface area contributed by atoms with Crippen molar-refractivity contribution in [2.75, 3.05) is 0 Å². The van der Waals surface area contributed by atoms with Crippen LogP contribution in [0.25, 0.3) is 10.2 Å². The fourth-order valence-corrected chi connectivity index (χ4v) is 4.76. The zero-order chi connectivity index (χ0) is 16.6. The summed E-state index contributed by atoms with van der Waals surface area (Å²) in [6.07, 6.45) is 4.16. The number of aryl methyl sites for hydroxylation is 2. The van der Waals surface area contributed by atoms with Crippen LogP contribution >= 0.6 is 23.1 Å². The lowest BCUT2D eigenvalue weighted by molar-refractivity contribution is -0.119. The Morgan fingerprint density at radius 1 is 1.39 bits per heavy atom. The Bertz CT molecular complexity index is 842. The van der Waals surface area contributed by atoms with Crippen LogP contribution in [0.4, 0.5) is 4.79 Å². The van der Waals surface area contributed by atoms with E-state index < -0.39 is 17.2 Å². The molecule has 0 saturated heterocycles. The Hall–Kier alpha value is -1.87. The summed E-state index contributed by atoms with van der Waals surface area (Å²) in [5.41, 5.74) is 5.89. The van der Waals surface area contributed by atoms with Crippen molar-refractivity contribution in [2.24, 2.45) is 5.73 Å². The summed E-state index contributed by atoms with van der Waals surface area (Å²) in [6.45, 7) is 1.62. The van der Waals surface area contributed by atoms with Gasteiger partial charge < -0.3 is 10.7 Å². The predicted molar refractivity (Wildman–Crippen MR) is 89.9 cm³/mol. The third-order valence-corrected chi connectivity index (χ3v) is 5.88. The minimum Gasteiger partial charge on any atom is -0.351 e. The Morgan fingerprint density at radius 3 is 2.87 bits per heavy atom. The van der Waals surface area contributed by atoms with Gasteiger partial charge in [0, 0.05) is 4.88 Å². The molecule has 122 valence electrons. The predicted octanol–water partition coefficient (Wildman–Crippen LogP) is 1.54. The van der Waals surface area contributed by atoms with E-state index in [0.29, 0.717) is 15.4 Å². The van der Waals surface area contributed by atoms with E-state index in [0.717, 1.165) is 43.0 Å². The highest BCUT2D eigenvalue weighted by Crippen LogP contribution is 2.34. The van der Waals surface area contributed by atoms with Crippen LogP contribution in [0.5, 0.6) is 0 Å². The van der Waals surface area contributed by atoms with E-state index in [2.05, 4.69) is 9.97 Å². The van der Waals surface area contributed by atoms with Crippen molar-refractivity contribution in [3.63, 3.8) is 0 Å². The number of urea groups is 1. The monoisotopic (exact) mass is 352 g/mol. The number of nitrogens with zero attached hydrogens (tertiary/aromatic N) is 1. The summed E-state index contributed by atoms with van der Waals surface area (Å²) in [7, 11) is 0. The number of thiophene rings is 1. The number of H-pyrrole nitrogens is 1. The number of imide groups is 1. The van der Waals surface area contributed by atoms with Gasteiger partial charge in [0.05, 0.1) is 10.6 Å². The van der Waals surface area contributed by atoms with Gasteiger partial charge in [-0.25, -0.2) is 9.78 Å². The maximum absolute atomic E-state index is 12.4. The number of hydrogen-bond donors (Lipinski definition) is 3. The van der Waals surface area contributed by atoms with Crippen LogP contribution in [0, 0.1) is 0 Å². The number of carbonyl (C=O) groups is 2. The van der Waals surface area contributed by atoms with Gasteiger partial charge in [0.15, 0.2) is 5.16 Å². The highest BCUT2D eigenvalue weighted by molar-refractivity contribution is 8.00. The van der Waals surface area contributed by atoms with E-state index in [4.69, 9.17) is 5.73 Å². The molecule has 0 aromatic carbocycles. The zero-order valence-corrected chi connectivity index (χ0v) is 14.1. The van der Waals surface area contributed by atoms with Crippen molar-refractivity contribution in [1.29, 1.82) is 0 Å². The van der Waals surface area contributed by atoms with Crippen LogP contribution in [-0.2, 0) is 17.6 Å². The lowest BCUT2D eigenvalue weighted by Gasteiger charge is -2.10. The van der Waals surface area contributed by atoms with Crippen LogP contribution in [0.2, 0.25) is 0 Å². The summed E-state index contributed by atoms with van der Waals surface area (Å²) in [5.74, 6) is -0.518. The number of aromatic amines is 1. The molecule has 1 aliphatic rings. The molecule has 1 unspecified atom stereocenters. The minimum atomic E-state index is -0.898. The van der Waals surface area contributed by atoms with Crippen molar-refractivity contribution < 1.29 is 9.59 Å². The van der Waals surface area contributed by atoms with Gasteiger partial charge in [-0.3, -0.25) is 14.9 Å². The number of aromatic nitrogens is 2. The third-order valence-electron chi connectivity index (χ3n) is 3.71. The van der Waals surface area contributed by atoms with Gasteiger partial charge in [-0.1, -0.05) is 11.8 Å². The van der Waals surface area contributed by atoms with E-state index in [9.17, 15) is 14.4 Å². The molecule has 2 aromatic heterocycles. The Balaban J connectivity index is 1.90. The summed E-state index contributed by atoms with van der Waals surface area (Å²) >= 11 is 2.64. The average molecular weight is 352 g/mol. The molecule has 9 heteroatoms. The van der Waals surface area contributed by atoms with Crippen molar-refractivity contribution in [3.8, 4) is 0 Å². The minimum absolute atomic E-state index is 0.167. The SMILES string of the molecule is CC(Sc1nc2sc3c(c2c(=O)[nH]1)CCCC3)C(=O)NC(N)=O. The number of rotatable bonds is 3. The van der Waals surface area contributed by atoms with E-state index >= 15 is 0 Å². The van der Waals surface area contributed by atoms with Crippen molar-refractivity contribution in [1.82, 2.24) is 15.3 Å².